The van der Waals surface area contributed by atoms with Gasteiger partial charge in [0.05, 0.1) is 11.5 Å². The van der Waals surface area contributed by atoms with Crippen LogP contribution in [0.4, 0.5) is 10.5 Å². The maximum atomic E-state index is 12.6. The second-order valence-electron chi connectivity index (χ2n) is 5.71. The van der Waals surface area contributed by atoms with Gasteiger partial charge in [-0.05, 0) is 32.8 Å². The molecule has 1 atom stereocenters. The maximum absolute atomic E-state index is 12.6. The fourth-order valence-electron chi connectivity index (χ4n) is 2.74. The number of hydrogen-bond donors (Lipinski definition) is 1. The Morgan fingerprint density at radius 3 is 2.88 bits per heavy atom. The minimum Gasteiger partial charge on any atom is -0.450 e. The minimum atomic E-state index is -0.497. The summed E-state index contributed by atoms with van der Waals surface area (Å²) in [5.74, 6) is -0.270. The zero-order chi connectivity index (χ0) is 17.7. The minimum absolute atomic E-state index is 0.0703. The van der Waals surface area contributed by atoms with Gasteiger partial charge in [0.15, 0.2) is 0 Å². The van der Waals surface area contributed by atoms with Crippen LogP contribution in [0.2, 0.25) is 0 Å². The Morgan fingerprint density at radius 2 is 2.21 bits per heavy atom. The lowest BCUT2D eigenvalue weighted by Crippen LogP contribution is -2.49. The summed E-state index contributed by atoms with van der Waals surface area (Å²) < 4.78 is 4.85. The molecule has 130 valence electrons. The molecule has 1 heterocycles. The Balaban J connectivity index is 2.08. The number of nitrogens with zero attached hydrogens (tertiary/aromatic N) is 2. The molecule has 0 aromatic heterocycles. The first-order chi connectivity index (χ1) is 11.4. The van der Waals surface area contributed by atoms with Crippen LogP contribution in [-0.4, -0.2) is 47.6 Å². The average Bonchev–Trinajstić information content (AvgIpc) is 2.54. The predicted molar refractivity (Wildman–Crippen MR) is 86.9 cm³/mol. The van der Waals surface area contributed by atoms with E-state index in [1.165, 1.54) is 6.07 Å². The van der Waals surface area contributed by atoms with Gasteiger partial charge in [-0.15, -0.1) is 0 Å². The molecule has 2 amide bonds. The van der Waals surface area contributed by atoms with E-state index < -0.39 is 11.0 Å². The third-order valence-corrected chi connectivity index (χ3v) is 3.96. The molecule has 1 saturated heterocycles. The Morgan fingerprint density at radius 1 is 1.46 bits per heavy atom. The van der Waals surface area contributed by atoms with E-state index in [-0.39, 0.29) is 29.8 Å². The first kappa shape index (κ1) is 17.7. The highest BCUT2D eigenvalue weighted by molar-refractivity contribution is 5.95. The van der Waals surface area contributed by atoms with Crippen molar-refractivity contribution in [2.45, 2.75) is 32.7 Å². The number of ether oxygens (including phenoxy) is 1. The van der Waals surface area contributed by atoms with Crippen molar-refractivity contribution < 1.29 is 19.2 Å². The molecule has 8 heteroatoms. The van der Waals surface area contributed by atoms with Gasteiger partial charge in [0.25, 0.3) is 11.6 Å². The van der Waals surface area contributed by atoms with Crippen molar-refractivity contribution in [3.63, 3.8) is 0 Å². The molecular formula is C16H21N3O5. The van der Waals surface area contributed by atoms with Crippen LogP contribution >= 0.6 is 0 Å². The van der Waals surface area contributed by atoms with E-state index in [9.17, 15) is 19.7 Å². The lowest BCUT2D eigenvalue weighted by molar-refractivity contribution is -0.385. The molecular weight excluding hydrogens is 314 g/mol. The third kappa shape index (κ3) is 4.21. The summed E-state index contributed by atoms with van der Waals surface area (Å²) in [6, 6.07) is 4.29. The number of alkyl carbamates (subject to hydrolysis) is 1. The highest BCUT2D eigenvalue weighted by Gasteiger charge is 2.27. The van der Waals surface area contributed by atoms with Gasteiger partial charge in [-0.25, -0.2) is 4.79 Å². The topological polar surface area (TPSA) is 102 Å². The summed E-state index contributed by atoms with van der Waals surface area (Å²) in [7, 11) is 0. The van der Waals surface area contributed by atoms with Crippen LogP contribution < -0.4 is 5.32 Å². The van der Waals surface area contributed by atoms with Crippen molar-refractivity contribution in [1.82, 2.24) is 10.2 Å². The van der Waals surface area contributed by atoms with Crippen LogP contribution in [0.3, 0.4) is 0 Å². The summed E-state index contributed by atoms with van der Waals surface area (Å²) in [4.78, 5) is 36.2. The molecule has 8 nitrogen and oxygen atoms in total. The molecule has 0 saturated carbocycles. The molecule has 1 fully saturated rings. The lowest BCUT2D eigenvalue weighted by Gasteiger charge is -2.33. The molecule has 0 spiro atoms. The summed E-state index contributed by atoms with van der Waals surface area (Å²) in [6.45, 7) is 4.56. The summed E-state index contributed by atoms with van der Waals surface area (Å²) in [6.07, 6.45) is 1.01. The number of hydrogen-bond acceptors (Lipinski definition) is 5. The second-order valence-corrected chi connectivity index (χ2v) is 5.71. The van der Waals surface area contributed by atoms with E-state index >= 15 is 0 Å². The monoisotopic (exact) mass is 335 g/mol. The molecule has 0 unspecified atom stereocenters. The molecule has 1 N–H and O–H groups in total. The van der Waals surface area contributed by atoms with E-state index in [0.717, 1.165) is 12.8 Å². The van der Waals surface area contributed by atoms with E-state index in [4.69, 9.17) is 4.74 Å². The summed E-state index contributed by atoms with van der Waals surface area (Å²) >= 11 is 0. The molecule has 0 bridgehead atoms. The van der Waals surface area contributed by atoms with Crippen LogP contribution in [0.15, 0.2) is 18.2 Å². The summed E-state index contributed by atoms with van der Waals surface area (Å²) in [5.41, 5.74) is 0.722. The molecule has 24 heavy (non-hydrogen) atoms. The van der Waals surface area contributed by atoms with E-state index in [0.29, 0.717) is 18.7 Å². The van der Waals surface area contributed by atoms with Crippen LogP contribution in [0.5, 0.6) is 0 Å². The van der Waals surface area contributed by atoms with Crippen molar-refractivity contribution >= 4 is 17.7 Å². The zero-order valence-corrected chi connectivity index (χ0v) is 13.8. The van der Waals surface area contributed by atoms with Crippen molar-refractivity contribution in [1.29, 1.82) is 0 Å². The number of carbonyl (C=O) groups is 2. The van der Waals surface area contributed by atoms with Crippen LogP contribution in [0.25, 0.3) is 0 Å². The van der Waals surface area contributed by atoms with Gasteiger partial charge >= 0.3 is 6.09 Å². The molecule has 0 aliphatic carbocycles. The Kier molecular flexibility index (Phi) is 5.73. The molecule has 1 aromatic rings. The van der Waals surface area contributed by atoms with Crippen molar-refractivity contribution in [3.8, 4) is 0 Å². The number of nitrogens with one attached hydrogen (secondary N) is 1. The largest absolute Gasteiger partial charge is 0.450 e. The van der Waals surface area contributed by atoms with Crippen molar-refractivity contribution in [2.24, 2.45) is 0 Å². The predicted octanol–water partition coefficient (Wildman–Crippen LogP) is 2.25. The third-order valence-electron chi connectivity index (χ3n) is 3.96. The first-order valence-electron chi connectivity index (χ1n) is 7.90. The number of nitro groups is 1. The lowest BCUT2D eigenvalue weighted by atomic mass is 10.0. The van der Waals surface area contributed by atoms with Crippen LogP contribution in [0.1, 0.15) is 35.7 Å². The number of piperidine rings is 1. The number of rotatable bonds is 4. The molecule has 1 aliphatic heterocycles. The van der Waals surface area contributed by atoms with Gasteiger partial charge in [0.2, 0.25) is 0 Å². The van der Waals surface area contributed by atoms with Gasteiger partial charge in [-0.3, -0.25) is 14.9 Å². The number of amides is 2. The zero-order valence-electron chi connectivity index (χ0n) is 13.8. The fourth-order valence-corrected chi connectivity index (χ4v) is 2.74. The molecule has 0 radical (unpaired) electrons. The number of benzene rings is 1. The fraction of sp³-hybridized carbons (Fsp3) is 0.500. The van der Waals surface area contributed by atoms with Gasteiger partial charge in [-0.1, -0.05) is 6.07 Å². The van der Waals surface area contributed by atoms with Gasteiger partial charge in [0.1, 0.15) is 0 Å². The highest BCUT2D eigenvalue weighted by atomic mass is 16.6. The SMILES string of the molecule is CCOC(=O)N[C@@H]1CCCN(C(=O)c2ccc(C)c([N+](=O)[O-])c2)C1. The van der Waals surface area contributed by atoms with Crippen molar-refractivity contribution in [2.75, 3.05) is 19.7 Å². The van der Waals surface area contributed by atoms with E-state index in [2.05, 4.69) is 5.32 Å². The Hall–Kier alpha value is -2.64. The van der Waals surface area contributed by atoms with E-state index in [1.807, 2.05) is 0 Å². The Bertz CT molecular complexity index is 647. The quantitative estimate of drug-likeness (QED) is 0.671. The maximum Gasteiger partial charge on any atom is 0.407 e. The van der Waals surface area contributed by atoms with Gasteiger partial charge in [-0.2, -0.15) is 0 Å². The van der Waals surface area contributed by atoms with Gasteiger partial charge in [0, 0.05) is 36.3 Å². The van der Waals surface area contributed by atoms with Crippen LogP contribution in [0, 0.1) is 17.0 Å². The molecule has 2 rings (SSSR count). The smallest absolute Gasteiger partial charge is 0.407 e. The van der Waals surface area contributed by atoms with Gasteiger partial charge < -0.3 is 15.0 Å². The molecule has 1 aromatic carbocycles. The number of likely N-dealkylation sites (tertiary alicyclic amines) is 1. The normalized spacial score (nSPS) is 17.2. The highest BCUT2D eigenvalue weighted by Crippen LogP contribution is 2.21. The first-order valence-corrected chi connectivity index (χ1v) is 7.90. The molecule has 1 aliphatic rings. The Labute approximate surface area is 139 Å². The second kappa shape index (κ2) is 7.76. The number of carbonyl (C=O) groups excluding carboxylic acids is 2. The summed E-state index contributed by atoms with van der Waals surface area (Å²) in [5, 5.41) is 13.8. The average molecular weight is 335 g/mol. The number of nitro benzene ring substituents is 1. The van der Waals surface area contributed by atoms with E-state index in [1.54, 1.807) is 30.9 Å². The van der Waals surface area contributed by atoms with Crippen LogP contribution in [-0.2, 0) is 4.74 Å². The van der Waals surface area contributed by atoms with Crippen molar-refractivity contribution in [3.05, 3.63) is 39.4 Å². The standard InChI is InChI=1S/C16H21N3O5/c1-3-24-16(21)17-13-5-4-8-18(10-13)15(20)12-7-6-11(2)14(9-12)19(22)23/h6-7,9,13H,3-5,8,10H2,1-2H3,(H,17,21)/t13-/m1/s1. The number of aryl methyl sites for hydroxylation is 1.